The third-order valence-electron chi connectivity index (χ3n) is 5.92. The number of benzene rings is 1. The van der Waals surface area contributed by atoms with E-state index >= 15 is 0 Å². The minimum absolute atomic E-state index is 0. The Hall–Kier alpha value is -1.87. The third-order valence-corrected chi connectivity index (χ3v) is 5.92. The first kappa shape index (κ1) is 26.4. The second-order valence-electron chi connectivity index (χ2n) is 8.63. The Kier molecular flexibility index (Phi) is 11.2. The number of aryl methyl sites for hydroxylation is 1. The molecule has 2 heterocycles. The van der Waals surface area contributed by atoms with Crippen LogP contribution in [0.25, 0.3) is 0 Å². The molecule has 2 N–H and O–H groups in total. The highest BCUT2D eigenvalue weighted by Crippen LogP contribution is 2.18. The van der Waals surface area contributed by atoms with Crippen LogP contribution in [-0.4, -0.2) is 62.7 Å². The van der Waals surface area contributed by atoms with Gasteiger partial charge in [-0.15, -0.1) is 24.0 Å². The van der Waals surface area contributed by atoms with Crippen molar-refractivity contribution in [3.05, 3.63) is 59.3 Å². The summed E-state index contributed by atoms with van der Waals surface area (Å²) >= 11 is 0. The first-order valence-electron chi connectivity index (χ1n) is 11.5. The Morgan fingerprint density at radius 1 is 1.06 bits per heavy atom. The number of guanidine groups is 1. The summed E-state index contributed by atoms with van der Waals surface area (Å²) in [6.07, 6.45) is 4.03. The molecule has 3 rings (SSSR count). The largest absolute Gasteiger partial charge is 0.356 e. The minimum atomic E-state index is 0. The molecule has 2 aromatic rings. The van der Waals surface area contributed by atoms with E-state index in [9.17, 15) is 0 Å². The van der Waals surface area contributed by atoms with Crippen LogP contribution < -0.4 is 15.5 Å². The first-order valence-corrected chi connectivity index (χ1v) is 11.5. The number of piperazine rings is 1. The van der Waals surface area contributed by atoms with Gasteiger partial charge in [0.15, 0.2) is 5.96 Å². The quantitative estimate of drug-likeness (QED) is 0.226. The number of hydrogen-bond donors (Lipinski definition) is 2. The summed E-state index contributed by atoms with van der Waals surface area (Å²) in [4.78, 5) is 13.8. The van der Waals surface area contributed by atoms with Crippen molar-refractivity contribution < 1.29 is 0 Å². The Labute approximate surface area is 210 Å². The van der Waals surface area contributed by atoms with E-state index in [1.54, 1.807) is 0 Å². The Balaban J connectivity index is 0.00000363. The molecule has 1 saturated heterocycles. The fourth-order valence-corrected chi connectivity index (χ4v) is 3.84. The molecule has 0 saturated carbocycles. The maximum absolute atomic E-state index is 4.66. The number of hydrogen-bond acceptors (Lipinski definition) is 4. The summed E-state index contributed by atoms with van der Waals surface area (Å²) in [6.45, 7) is 10.3. The second kappa shape index (κ2) is 13.6. The summed E-state index contributed by atoms with van der Waals surface area (Å²) in [5, 5.41) is 6.90. The van der Waals surface area contributed by atoms with E-state index < -0.39 is 0 Å². The van der Waals surface area contributed by atoms with E-state index in [0.29, 0.717) is 12.5 Å². The van der Waals surface area contributed by atoms with Crippen molar-refractivity contribution in [2.75, 3.05) is 51.7 Å². The van der Waals surface area contributed by atoms with Crippen LogP contribution in [0.4, 0.5) is 5.82 Å². The average molecular weight is 551 g/mol. The van der Waals surface area contributed by atoms with Gasteiger partial charge in [-0.3, -0.25) is 4.99 Å². The van der Waals surface area contributed by atoms with E-state index in [4.69, 9.17) is 0 Å². The van der Waals surface area contributed by atoms with Crippen LogP contribution in [0.1, 0.15) is 42.9 Å². The topological polar surface area (TPSA) is 55.8 Å². The molecule has 1 aliphatic heterocycles. The Bertz CT molecular complexity index is 829. The van der Waals surface area contributed by atoms with Crippen molar-refractivity contribution in [2.45, 2.75) is 39.2 Å². The fourth-order valence-electron chi connectivity index (χ4n) is 3.84. The van der Waals surface area contributed by atoms with Crippen molar-refractivity contribution in [1.29, 1.82) is 0 Å². The number of nitrogens with zero attached hydrogens (tertiary/aromatic N) is 4. The SMILES string of the molecule is CN=C(NCCCc1ccc(C(C)C)cc1)NCc1cccnc1N1CCN(C)CC1.I. The molecule has 1 fully saturated rings. The molecular weight excluding hydrogens is 511 g/mol. The average Bonchev–Trinajstić information content (AvgIpc) is 2.80. The zero-order valence-corrected chi connectivity index (χ0v) is 22.3. The highest BCUT2D eigenvalue weighted by molar-refractivity contribution is 14.0. The van der Waals surface area contributed by atoms with Gasteiger partial charge in [0.2, 0.25) is 0 Å². The maximum atomic E-state index is 4.66. The summed E-state index contributed by atoms with van der Waals surface area (Å²) in [5.41, 5.74) is 4.00. The molecule has 6 nitrogen and oxygen atoms in total. The molecule has 1 aromatic heterocycles. The molecule has 0 spiro atoms. The maximum Gasteiger partial charge on any atom is 0.191 e. The Morgan fingerprint density at radius 3 is 2.44 bits per heavy atom. The number of pyridine rings is 1. The lowest BCUT2D eigenvalue weighted by atomic mass is 10.0. The molecule has 0 unspecified atom stereocenters. The van der Waals surface area contributed by atoms with E-state index in [1.165, 1.54) is 16.7 Å². The number of aliphatic imine (C=N–C) groups is 1. The first-order chi connectivity index (χ1) is 15.1. The number of likely N-dealkylation sites (N-methyl/N-ethyl adjacent to an activating group) is 1. The fraction of sp³-hybridized carbons (Fsp3) is 0.520. The van der Waals surface area contributed by atoms with Gasteiger partial charge in [-0.1, -0.05) is 44.2 Å². The number of nitrogens with one attached hydrogen (secondary N) is 2. The monoisotopic (exact) mass is 550 g/mol. The predicted octanol–water partition coefficient (Wildman–Crippen LogP) is 3.87. The van der Waals surface area contributed by atoms with Crippen LogP contribution in [0.15, 0.2) is 47.6 Å². The van der Waals surface area contributed by atoms with Gasteiger partial charge in [-0.2, -0.15) is 0 Å². The van der Waals surface area contributed by atoms with Crippen LogP contribution in [0.2, 0.25) is 0 Å². The lowest BCUT2D eigenvalue weighted by Gasteiger charge is -2.34. The van der Waals surface area contributed by atoms with Crippen molar-refractivity contribution in [1.82, 2.24) is 20.5 Å². The normalized spacial score (nSPS) is 14.9. The van der Waals surface area contributed by atoms with E-state index in [-0.39, 0.29) is 24.0 Å². The van der Waals surface area contributed by atoms with Crippen molar-refractivity contribution in [3.63, 3.8) is 0 Å². The van der Waals surface area contributed by atoms with Crippen LogP contribution >= 0.6 is 24.0 Å². The van der Waals surface area contributed by atoms with Gasteiger partial charge in [0.05, 0.1) is 0 Å². The van der Waals surface area contributed by atoms with Gasteiger partial charge in [0.1, 0.15) is 5.82 Å². The van der Waals surface area contributed by atoms with Crippen molar-refractivity contribution in [2.24, 2.45) is 4.99 Å². The molecule has 32 heavy (non-hydrogen) atoms. The summed E-state index contributed by atoms with van der Waals surface area (Å²) in [7, 11) is 4.00. The summed E-state index contributed by atoms with van der Waals surface area (Å²) in [6, 6.07) is 13.2. The highest BCUT2D eigenvalue weighted by atomic mass is 127. The molecule has 0 radical (unpaired) electrons. The molecule has 0 amide bonds. The van der Waals surface area contributed by atoms with E-state index in [2.05, 4.69) is 81.6 Å². The van der Waals surface area contributed by atoms with E-state index in [1.807, 2.05) is 19.3 Å². The van der Waals surface area contributed by atoms with Gasteiger partial charge < -0.3 is 20.4 Å². The molecule has 0 aliphatic carbocycles. The lowest BCUT2D eigenvalue weighted by Crippen LogP contribution is -2.45. The molecular formula is C25H39IN6. The van der Waals surface area contributed by atoms with Crippen molar-refractivity contribution >= 4 is 35.8 Å². The molecule has 0 atom stereocenters. The number of halogens is 1. The third kappa shape index (κ3) is 7.92. The summed E-state index contributed by atoms with van der Waals surface area (Å²) < 4.78 is 0. The number of rotatable bonds is 8. The standard InChI is InChI=1S/C25H38N6.HI/c1-20(2)22-11-9-21(10-12-22)7-5-14-28-25(26-3)29-19-23-8-6-13-27-24(23)31-17-15-30(4)16-18-31;/h6,8-13,20H,5,7,14-19H2,1-4H3,(H2,26,28,29);1H. The predicted molar refractivity (Wildman–Crippen MR) is 146 cm³/mol. The molecule has 1 aromatic carbocycles. The minimum Gasteiger partial charge on any atom is -0.356 e. The lowest BCUT2D eigenvalue weighted by molar-refractivity contribution is 0.312. The number of aromatic nitrogens is 1. The highest BCUT2D eigenvalue weighted by Gasteiger charge is 2.17. The van der Waals surface area contributed by atoms with Gasteiger partial charge >= 0.3 is 0 Å². The van der Waals surface area contributed by atoms with Crippen LogP contribution in [0, 0.1) is 0 Å². The Morgan fingerprint density at radius 2 is 1.78 bits per heavy atom. The molecule has 1 aliphatic rings. The zero-order chi connectivity index (χ0) is 22.1. The van der Waals surface area contributed by atoms with Crippen LogP contribution in [0.3, 0.4) is 0 Å². The van der Waals surface area contributed by atoms with Gasteiger partial charge in [-0.25, -0.2) is 4.98 Å². The van der Waals surface area contributed by atoms with Crippen LogP contribution in [-0.2, 0) is 13.0 Å². The molecule has 7 heteroatoms. The van der Waals surface area contributed by atoms with Crippen LogP contribution in [0.5, 0.6) is 0 Å². The zero-order valence-electron chi connectivity index (χ0n) is 20.0. The smallest absolute Gasteiger partial charge is 0.191 e. The van der Waals surface area contributed by atoms with E-state index in [0.717, 1.165) is 57.3 Å². The summed E-state index contributed by atoms with van der Waals surface area (Å²) in [5.74, 6) is 2.51. The van der Waals surface area contributed by atoms with Gasteiger partial charge in [-0.05, 0) is 43.0 Å². The van der Waals surface area contributed by atoms with Gasteiger partial charge in [0.25, 0.3) is 0 Å². The number of anilines is 1. The van der Waals surface area contributed by atoms with Crippen molar-refractivity contribution in [3.8, 4) is 0 Å². The molecule has 0 bridgehead atoms. The second-order valence-corrected chi connectivity index (χ2v) is 8.63. The van der Waals surface area contributed by atoms with Gasteiger partial charge in [0, 0.05) is 58.1 Å². The molecule has 176 valence electrons.